The molecular formula is C28H34O6. The number of hydrogen-bond donors (Lipinski definition) is 6. The lowest BCUT2D eigenvalue weighted by Crippen LogP contribution is -1.90. The van der Waals surface area contributed by atoms with Gasteiger partial charge < -0.3 is 30.6 Å². The van der Waals surface area contributed by atoms with Gasteiger partial charge in [0, 0.05) is 10.9 Å². The minimum Gasteiger partial charge on any atom is -0.513 e. The van der Waals surface area contributed by atoms with Crippen molar-refractivity contribution < 1.29 is 30.6 Å². The summed E-state index contributed by atoms with van der Waals surface area (Å²) in [7, 11) is 0. The molecule has 3 rings (SSSR count). The molecule has 6 heteroatoms. The van der Waals surface area contributed by atoms with Crippen LogP contribution < -0.4 is 0 Å². The number of aromatic hydroxyl groups is 3. The fraction of sp³-hybridized carbons (Fsp3) is 0.143. The predicted octanol–water partition coefficient (Wildman–Crippen LogP) is 7.59. The molecule has 34 heavy (non-hydrogen) atoms. The van der Waals surface area contributed by atoms with E-state index in [0.29, 0.717) is 16.7 Å². The van der Waals surface area contributed by atoms with Crippen LogP contribution in [0.4, 0.5) is 0 Å². The molecule has 0 unspecified atom stereocenters. The summed E-state index contributed by atoms with van der Waals surface area (Å²) in [5, 5.41) is 54.9. The summed E-state index contributed by atoms with van der Waals surface area (Å²) in [5.41, 5.74) is 2.79. The monoisotopic (exact) mass is 466 g/mol. The van der Waals surface area contributed by atoms with Crippen LogP contribution in [0.2, 0.25) is 0 Å². The molecule has 0 aromatic heterocycles. The molecule has 3 aromatic carbocycles. The maximum Gasteiger partial charge on any atom is 0.123 e. The van der Waals surface area contributed by atoms with E-state index in [0.717, 1.165) is 16.3 Å². The Balaban J connectivity index is 0.000000490. The zero-order valence-corrected chi connectivity index (χ0v) is 20.1. The molecule has 6 N–H and O–H groups in total. The Morgan fingerprint density at radius 3 is 1.76 bits per heavy atom. The van der Waals surface area contributed by atoms with Gasteiger partial charge in [-0.05, 0) is 80.1 Å². The van der Waals surface area contributed by atoms with Gasteiger partial charge in [0.15, 0.2) is 0 Å². The van der Waals surface area contributed by atoms with Gasteiger partial charge in [-0.15, -0.1) is 0 Å². The topological polar surface area (TPSA) is 121 Å². The number of hydrogen-bond acceptors (Lipinski definition) is 6. The Morgan fingerprint density at radius 2 is 1.29 bits per heavy atom. The van der Waals surface area contributed by atoms with Crippen LogP contribution in [0.1, 0.15) is 36.1 Å². The zero-order valence-electron chi connectivity index (χ0n) is 20.1. The molecule has 0 aliphatic heterocycles. The molecular weight excluding hydrogens is 432 g/mol. The largest absolute Gasteiger partial charge is 0.513 e. The van der Waals surface area contributed by atoms with Crippen molar-refractivity contribution in [2.75, 3.05) is 0 Å². The molecule has 0 saturated carbocycles. The second-order valence-corrected chi connectivity index (χ2v) is 7.43. The summed E-state index contributed by atoms with van der Waals surface area (Å²) < 4.78 is 0. The van der Waals surface area contributed by atoms with E-state index in [9.17, 15) is 20.4 Å². The van der Waals surface area contributed by atoms with Gasteiger partial charge in [0.25, 0.3) is 0 Å². The molecule has 0 heterocycles. The normalized spacial score (nSPS) is 9.18. The smallest absolute Gasteiger partial charge is 0.123 e. The van der Waals surface area contributed by atoms with E-state index in [-0.39, 0.29) is 34.5 Å². The van der Waals surface area contributed by atoms with Crippen molar-refractivity contribution in [3.8, 4) is 17.2 Å². The highest BCUT2D eigenvalue weighted by Crippen LogP contribution is 2.30. The lowest BCUT2D eigenvalue weighted by molar-refractivity contribution is 0.416. The molecule has 3 aromatic rings. The van der Waals surface area contributed by atoms with Gasteiger partial charge in [-0.1, -0.05) is 44.5 Å². The fourth-order valence-corrected chi connectivity index (χ4v) is 2.64. The Kier molecular flexibility index (Phi) is 12.2. The van der Waals surface area contributed by atoms with E-state index in [2.05, 4.69) is 26.3 Å². The Bertz CT molecular complexity index is 1160. The van der Waals surface area contributed by atoms with Crippen molar-refractivity contribution in [2.45, 2.75) is 27.7 Å². The first-order chi connectivity index (χ1) is 15.7. The third-order valence-electron chi connectivity index (χ3n) is 4.18. The van der Waals surface area contributed by atoms with Crippen molar-refractivity contribution in [3.63, 3.8) is 0 Å². The molecule has 0 saturated heterocycles. The van der Waals surface area contributed by atoms with Crippen LogP contribution in [0.3, 0.4) is 0 Å². The summed E-state index contributed by atoms with van der Waals surface area (Å²) in [6.45, 7) is 19.9. The van der Waals surface area contributed by atoms with Gasteiger partial charge in [-0.25, -0.2) is 0 Å². The van der Waals surface area contributed by atoms with Crippen LogP contribution in [-0.4, -0.2) is 30.6 Å². The van der Waals surface area contributed by atoms with E-state index in [4.69, 9.17) is 10.2 Å². The number of aliphatic hydroxyl groups is 3. The lowest BCUT2D eigenvalue weighted by Gasteiger charge is -2.08. The molecule has 0 atom stereocenters. The maximum absolute atomic E-state index is 9.50. The Labute approximate surface area is 201 Å². The highest BCUT2D eigenvalue weighted by Gasteiger charge is 2.08. The molecule has 0 aliphatic rings. The van der Waals surface area contributed by atoms with Gasteiger partial charge >= 0.3 is 0 Å². The summed E-state index contributed by atoms with van der Waals surface area (Å²) in [6, 6.07) is 11.8. The highest BCUT2D eigenvalue weighted by atomic mass is 16.3. The predicted molar refractivity (Wildman–Crippen MR) is 141 cm³/mol. The standard InChI is InChI=1S/C11H10O2.C11H12O2.2C3H6O/c1-7-5-9-8(6-11(7)13)3-2-4-10(9)12;1-4-9-7(2)11(13)6-5-10(9)8(3)12;2*1-3(2)4/h2-6,12-13H,1H3;4-6,12-13H,1,3H2,2H3;2*4H,1H2,2H3. The van der Waals surface area contributed by atoms with Crippen LogP contribution >= 0.6 is 0 Å². The van der Waals surface area contributed by atoms with Gasteiger partial charge in [0.1, 0.15) is 23.0 Å². The molecule has 0 spiro atoms. The van der Waals surface area contributed by atoms with E-state index < -0.39 is 0 Å². The number of allylic oxidation sites excluding steroid dienone is 2. The number of benzene rings is 3. The molecule has 182 valence electrons. The van der Waals surface area contributed by atoms with Crippen molar-refractivity contribution in [2.24, 2.45) is 0 Å². The number of fused-ring (bicyclic) bond motifs is 1. The number of phenolic OH excluding ortho intramolecular Hbond substituents is 3. The van der Waals surface area contributed by atoms with Crippen LogP contribution in [0, 0.1) is 13.8 Å². The molecule has 0 bridgehead atoms. The quantitative estimate of drug-likeness (QED) is 0.216. The van der Waals surface area contributed by atoms with Crippen LogP contribution in [-0.2, 0) is 0 Å². The molecule has 0 aliphatic carbocycles. The Hall–Kier alpha value is -4.32. The van der Waals surface area contributed by atoms with E-state index in [1.165, 1.54) is 19.9 Å². The van der Waals surface area contributed by atoms with Gasteiger partial charge in [0.05, 0.1) is 11.5 Å². The number of aryl methyl sites for hydroxylation is 1. The molecule has 0 radical (unpaired) electrons. The lowest BCUT2D eigenvalue weighted by atomic mass is 10.00. The van der Waals surface area contributed by atoms with Crippen molar-refractivity contribution in [1.82, 2.24) is 0 Å². The summed E-state index contributed by atoms with van der Waals surface area (Å²) >= 11 is 0. The third kappa shape index (κ3) is 9.87. The first kappa shape index (κ1) is 29.7. The molecule has 0 fully saturated rings. The van der Waals surface area contributed by atoms with Gasteiger partial charge in [0.2, 0.25) is 0 Å². The Morgan fingerprint density at radius 1 is 0.765 bits per heavy atom. The average molecular weight is 467 g/mol. The second kappa shape index (κ2) is 14.0. The number of rotatable bonds is 2. The van der Waals surface area contributed by atoms with Crippen LogP contribution in [0.15, 0.2) is 80.3 Å². The fourth-order valence-electron chi connectivity index (χ4n) is 2.64. The van der Waals surface area contributed by atoms with E-state index in [1.54, 1.807) is 50.3 Å². The van der Waals surface area contributed by atoms with E-state index in [1.807, 2.05) is 6.07 Å². The maximum atomic E-state index is 9.50. The van der Waals surface area contributed by atoms with Crippen LogP contribution in [0.25, 0.3) is 22.6 Å². The summed E-state index contributed by atoms with van der Waals surface area (Å²) in [6.07, 6.45) is 1.59. The molecule has 6 nitrogen and oxygen atoms in total. The minimum absolute atomic E-state index is 0.0157. The molecule has 0 amide bonds. The second-order valence-electron chi connectivity index (χ2n) is 7.43. The third-order valence-corrected chi connectivity index (χ3v) is 4.18. The number of phenols is 3. The van der Waals surface area contributed by atoms with Crippen molar-refractivity contribution >= 4 is 22.6 Å². The highest BCUT2D eigenvalue weighted by molar-refractivity contribution is 5.89. The summed E-state index contributed by atoms with van der Waals surface area (Å²) in [4.78, 5) is 0. The van der Waals surface area contributed by atoms with Gasteiger partial charge in [-0.3, -0.25) is 0 Å². The number of aliphatic hydroxyl groups excluding tert-OH is 3. The minimum atomic E-state index is -0.0157. The van der Waals surface area contributed by atoms with Crippen LogP contribution in [0.5, 0.6) is 17.2 Å². The SMILES string of the molecule is C=C(C)O.C=C(C)O.C=Cc1c(C(=C)O)ccc(O)c1C.Cc1cc2c(O)cccc2cc1O. The zero-order chi connectivity index (χ0) is 26.6. The van der Waals surface area contributed by atoms with Gasteiger partial charge in [-0.2, -0.15) is 0 Å². The average Bonchev–Trinajstić information content (AvgIpc) is 2.71. The van der Waals surface area contributed by atoms with Crippen molar-refractivity contribution in [1.29, 1.82) is 0 Å². The van der Waals surface area contributed by atoms with Crippen molar-refractivity contribution in [3.05, 3.63) is 103 Å². The first-order valence-corrected chi connectivity index (χ1v) is 10.2. The van der Waals surface area contributed by atoms with E-state index >= 15 is 0 Å². The summed E-state index contributed by atoms with van der Waals surface area (Å²) in [5.74, 6) is 1.02. The first-order valence-electron chi connectivity index (χ1n) is 10.2.